The summed E-state index contributed by atoms with van der Waals surface area (Å²) in [6, 6.07) is 9.12. The van der Waals surface area contributed by atoms with Crippen LogP contribution >= 0.6 is 0 Å². The van der Waals surface area contributed by atoms with E-state index >= 15 is 0 Å². The molecule has 19 heavy (non-hydrogen) atoms. The average Bonchev–Trinajstić information content (AvgIpc) is 3.06. The Morgan fingerprint density at radius 2 is 2.21 bits per heavy atom. The van der Waals surface area contributed by atoms with Gasteiger partial charge in [0.2, 0.25) is 0 Å². The second kappa shape index (κ2) is 5.79. The molecule has 0 unspecified atom stereocenters. The van der Waals surface area contributed by atoms with Gasteiger partial charge in [0.15, 0.2) is 0 Å². The fraction of sp³-hybridized carbons (Fsp3) is 0.529. The van der Waals surface area contributed by atoms with Crippen LogP contribution in [0.3, 0.4) is 0 Å². The quantitative estimate of drug-likeness (QED) is 0.873. The molecule has 1 saturated heterocycles. The molecular formula is C17H23NO. The summed E-state index contributed by atoms with van der Waals surface area (Å²) < 4.78 is 6.08. The summed E-state index contributed by atoms with van der Waals surface area (Å²) in [6.07, 6.45) is 7.24. The predicted octanol–water partition coefficient (Wildman–Crippen LogP) is 4.07. The minimum absolute atomic E-state index is 0.640. The van der Waals surface area contributed by atoms with Crippen LogP contribution in [-0.2, 0) is 12.8 Å². The maximum absolute atomic E-state index is 6.08. The number of furan rings is 1. The van der Waals surface area contributed by atoms with E-state index in [9.17, 15) is 0 Å². The number of hydrogen-bond acceptors (Lipinski definition) is 2. The van der Waals surface area contributed by atoms with Crippen molar-refractivity contribution in [3.05, 3.63) is 35.6 Å². The lowest BCUT2D eigenvalue weighted by atomic mass is 9.99. The molecule has 0 bridgehead atoms. The molecule has 1 fully saturated rings. The first-order valence-corrected chi connectivity index (χ1v) is 7.61. The van der Waals surface area contributed by atoms with Gasteiger partial charge in [0.05, 0.1) is 0 Å². The van der Waals surface area contributed by atoms with Gasteiger partial charge >= 0.3 is 0 Å². The Labute approximate surface area is 115 Å². The molecule has 0 saturated carbocycles. The van der Waals surface area contributed by atoms with E-state index in [0.29, 0.717) is 6.04 Å². The summed E-state index contributed by atoms with van der Waals surface area (Å²) in [4.78, 5) is 0. The lowest BCUT2D eigenvalue weighted by molar-refractivity contribution is 0.519. The number of unbranched alkanes of at least 4 members (excludes halogenated alkanes) is 1. The molecule has 1 aliphatic rings. The van der Waals surface area contributed by atoms with Crippen LogP contribution in [-0.4, -0.2) is 12.6 Å². The molecule has 0 amide bonds. The molecule has 1 aliphatic heterocycles. The van der Waals surface area contributed by atoms with E-state index in [1.807, 2.05) is 0 Å². The van der Waals surface area contributed by atoms with Gasteiger partial charge in [-0.15, -0.1) is 0 Å². The highest BCUT2D eigenvalue weighted by Crippen LogP contribution is 2.29. The van der Waals surface area contributed by atoms with Crippen molar-refractivity contribution in [3.63, 3.8) is 0 Å². The number of aryl methyl sites for hydroxylation is 1. The van der Waals surface area contributed by atoms with Crippen LogP contribution < -0.4 is 5.32 Å². The van der Waals surface area contributed by atoms with Gasteiger partial charge in [-0.1, -0.05) is 31.5 Å². The topological polar surface area (TPSA) is 25.2 Å². The number of fused-ring (bicyclic) bond motifs is 1. The third kappa shape index (κ3) is 2.69. The number of benzene rings is 1. The first kappa shape index (κ1) is 12.7. The van der Waals surface area contributed by atoms with Gasteiger partial charge in [0, 0.05) is 23.4 Å². The highest BCUT2D eigenvalue weighted by Gasteiger charge is 2.20. The van der Waals surface area contributed by atoms with Gasteiger partial charge in [-0.05, 0) is 38.3 Å². The Bertz CT molecular complexity index is 537. The maximum Gasteiger partial charge on any atom is 0.134 e. The highest BCUT2D eigenvalue weighted by molar-refractivity contribution is 5.82. The normalized spacial score (nSPS) is 19.3. The predicted molar refractivity (Wildman–Crippen MR) is 79.6 cm³/mol. The van der Waals surface area contributed by atoms with E-state index in [-0.39, 0.29) is 0 Å². The van der Waals surface area contributed by atoms with Gasteiger partial charge in [-0.2, -0.15) is 0 Å². The summed E-state index contributed by atoms with van der Waals surface area (Å²) in [6.45, 7) is 3.41. The summed E-state index contributed by atoms with van der Waals surface area (Å²) in [5.74, 6) is 1.22. The molecule has 0 spiro atoms. The third-order valence-electron chi connectivity index (χ3n) is 4.15. The van der Waals surface area contributed by atoms with Crippen LogP contribution in [0, 0.1) is 0 Å². The molecule has 0 radical (unpaired) electrons. The van der Waals surface area contributed by atoms with Crippen LogP contribution in [0.5, 0.6) is 0 Å². The minimum Gasteiger partial charge on any atom is -0.461 e. The van der Waals surface area contributed by atoms with Crippen molar-refractivity contribution in [2.24, 2.45) is 0 Å². The molecular weight excluding hydrogens is 234 g/mol. The maximum atomic E-state index is 6.08. The first-order chi connectivity index (χ1) is 9.38. The standard InChI is InChI=1S/C17H23NO/c1-2-3-9-17-15(12-13-7-6-11-18-13)14-8-4-5-10-16(14)19-17/h4-5,8,10,13,18H,2-3,6-7,9,11-12H2,1H3/t13-/m0/s1. The summed E-state index contributed by atoms with van der Waals surface area (Å²) >= 11 is 0. The van der Waals surface area contributed by atoms with Crippen molar-refractivity contribution in [2.45, 2.75) is 51.5 Å². The van der Waals surface area contributed by atoms with Crippen LogP contribution in [0.15, 0.2) is 28.7 Å². The molecule has 102 valence electrons. The van der Waals surface area contributed by atoms with E-state index in [0.717, 1.165) is 18.4 Å². The summed E-state index contributed by atoms with van der Waals surface area (Å²) in [7, 11) is 0. The van der Waals surface area contributed by atoms with Crippen molar-refractivity contribution in [3.8, 4) is 0 Å². The van der Waals surface area contributed by atoms with E-state index in [1.54, 1.807) is 0 Å². The van der Waals surface area contributed by atoms with E-state index in [4.69, 9.17) is 4.42 Å². The van der Waals surface area contributed by atoms with Crippen LogP contribution in [0.25, 0.3) is 11.0 Å². The Morgan fingerprint density at radius 3 is 3.00 bits per heavy atom. The van der Waals surface area contributed by atoms with Crippen LogP contribution in [0.2, 0.25) is 0 Å². The number of para-hydroxylation sites is 1. The monoisotopic (exact) mass is 257 g/mol. The molecule has 1 atom stereocenters. The Morgan fingerprint density at radius 1 is 1.32 bits per heavy atom. The molecule has 1 N–H and O–H groups in total. The fourth-order valence-electron chi connectivity index (χ4n) is 3.09. The third-order valence-corrected chi connectivity index (χ3v) is 4.15. The Kier molecular flexibility index (Phi) is 3.88. The van der Waals surface area contributed by atoms with Gasteiger partial charge in [-0.3, -0.25) is 0 Å². The van der Waals surface area contributed by atoms with Crippen molar-refractivity contribution in [1.82, 2.24) is 5.32 Å². The Balaban J connectivity index is 1.92. The van der Waals surface area contributed by atoms with Gasteiger partial charge in [-0.25, -0.2) is 0 Å². The van der Waals surface area contributed by atoms with E-state index < -0.39 is 0 Å². The summed E-state index contributed by atoms with van der Waals surface area (Å²) in [5.41, 5.74) is 2.50. The number of nitrogens with one attached hydrogen (secondary N) is 1. The summed E-state index contributed by atoms with van der Waals surface area (Å²) in [5, 5.41) is 4.92. The first-order valence-electron chi connectivity index (χ1n) is 7.61. The zero-order valence-corrected chi connectivity index (χ0v) is 11.7. The molecule has 3 rings (SSSR count). The smallest absolute Gasteiger partial charge is 0.134 e. The van der Waals surface area contributed by atoms with Gasteiger partial charge in [0.1, 0.15) is 11.3 Å². The molecule has 2 heteroatoms. The van der Waals surface area contributed by atoms with Crippen molar-refractivity contribution in [1.29, 1.82) is 0 Å². The average molecular weight is 257 g/mol. The molecule has 0 aliphatic carbocycles. The SMILES string of the molecule is CCCCc1oc2ccccc2c1C[C@@H]1CCCN1. The molecule has 1 aromatic carbocycles. The van der Waals surface area contributed by atoms with E-state index in [2.05, 4.69) is 36.5 Å². The lowest BCUT2D eigenvalue weighted by Crippen LogP contribution is -2.23. The lowest BCUT2D eigenvalue weighted by Gasteiger charge is -2.10. The zero-order chi connectivity index (χ0) is 13.1. The second-order valence-electron chi connectivity index (χ2n) is 5.60. The van der Waals surface area contributed by atoms with Crippen LogP contribution in [0.1, 0.15) is 43.9 Å². The van der Waals surface area contributed by atoms with Crippen molar-refractivity contribution in [2.75, 3.05) is 6.54 Å². The second-order valence-corrected chi connectivity index (χ2v) is 5.60. The molecule has 2 nitrogen and oxygen atoms in total. The largest absolute Gasteiger partial charge is 0.461 e. The number of rotatable bonds is 5. The van der Waals surface area contributed by atoms with Gasteiger partial charge in [0.25, 0.3) is 0 Å². The highest BCUT2D eigenvalue weighted by atomic mass is 16.3. The number of hydrogen-bond donors (Lipinski definition) is 1. The minimum atomic E-state index is 0.640. The molecule has 2 aromatic rings. The van der Waals surface area contributed by atoms with Crippen LogP contribution in [0.4, 0.5) is 0 Å². The Hall–Kier alpha value is -1.28. The van der Waals surface area contributed by atoms with Crippen molar-refractivity contribution >= 4 is 11.0 Å². The fourth-order valence-corrected chi connectivity index (χ4v) is 3.09. The molecule has 1 aromatic heterocycles. The zero-order valence-electron chi connectivity index (χ0n) is 11.7. The van der Waals surface area contributed by atoms with Gasteiger partial charge < -0.3 is 9.73 Å². The molecule has 2 heterocycles. The van der Waals surface area contributed by atoms with Crippen molar-refractivity contribution < 1.29 is 4.42 Å². The van der Waals surface area contributed by atoms with E-state index in [1.165, 1.54) is 48.9 Å².